The van der Waals surface area contributed by atoms with E-state index in [1.807, 2.05) is 35.5 Å². The summed E-state index contributed by atoms with van der Waals surface area (Å²) >= 11 is 0. The monoisotopic (exact) mass is 338 g/mol. The van der Waals surface area contributed by atoms with E-state index in [0.29, 0.717) is 12.6 Å². The summed E-state index contributed by atoms with van der Waals surface area (Å²) in [5, 5.41) is 3.02. The number of hydrogen-bond acceptors (Lipinski definition) is 3. The molecular formula is C20H26N4O. The minimum Gasteiger partial charge on any atom is -0.338 e. The number of rotatable bonds is 7. The summed E-state index contributed by atoms with van der Waals surface area (Å²) < 4.78 is 0. The minimum absolute atomic E-state index is 0.0483. The topological polar surface area (TPSA) is 48.5 Å². The lowest BCUT2D eigenvalue weighted by atomic mass is 10.1. The smallest absolute Gasteiger partial charge is 0.317 e. The molecule has 25 heavy (non-hydrogen) atoms. The number of pyridine rings is 1. The van der Waals surface area contributed by atoms with Crippen LogP contribution >= 0.6 is 0 Å². The predicted molar refractivity (Wildman–Crippen MR) is 99.2 cm³/mol. The van der Waals surface area contributed by atoms with Crippen molar-refractivity contribution in [3.8, 4) is 0 Å². The summed E-state index contributed by atoms with van der Waals surface area (Å²) in [6, 6.07) is 14.8. The molecule has 0 unspecified atom stereocenters. The van der Waals surface area contributed by atoms with Gasteiger partial charge in [0, 0.05) is 44.6 Å². The lowest BCUT2D eigenvalue weighted by molar-refractivity contribution is 0.0552. The molecule has 0 bridgehead atoms. The maximum Gasteiger partial charge on any atom is 0.317 e. The van der Waals surface area contributed by atoms with Gasteiger partial charge in [-0.3, -0.25) is 9.88 Å². The van der Waals surface area contributed by atoms with Crippen LogP contribution in [0.4, 0.5) is 4.79 Å². The van der Waals surface area contributed by atoms with Crippen LogP contribution in [0.15, 0.2) is 54.9 Å². The van der Waals surface area contributed by atoms with Gasteiger partial charge in [-0.1, -0.05) is 37.3 Å². The van der Waals surface area contributed by atoms with Crippen molar-refractivity contribution in [1.29, 1.82) is 0 Å². The molecule has 1 aromatic carbocycles. The quantitative estimate of drug-likeness (QED) is 0.844. The molecule has 2 amide bonds. The number of aromatic nitrogens is 1. The fourth-order valence-electron chi connectivity index (χ4n) is 3.14. The number of benzene rings is 1. The molecule has 1 saturated heterocycles. The first kappa shape index (κ1) is 17.4. The molecule has 2 heterocycles. The van der Waals surface area contributed by atoms with E-state index < -0.39 is 0 Å². The number of nitrogens with zero attached hydrogens (tertiary/aromatic N) is 3. The second-order valence-corrected chi connectivity index (χ2v) is 6.44. The molecule has 132 valence electrons. The minimum atomic E-state index is 0.0483. The second-order valence-electron chi connectivity index (χ2n) is 6.44. The number of likely N-dealkylation sites (tertiary alicyclic amines) is 1. The highest BCUT2D eigenvalue weighted by Gasteiger charge is 2.33. The van der Waals surface area contributed by atoms with Crippen molar-refractivity contribution in [2.24, 2.45) is 0 Å². The Labute approximate surface area is 149 Å². The van der Waals surface area contributed by atoms with Gasteiger partial charge in [0.25, 0.3) is 0 Å². The van der Waals surface area contributed by atoms with E-state index in [0.717, 1.165) is 32.6 Å². The summed E-state index contributed by atoms with van der Waals surface area (Å²) in [5.41, 5.74) is 2.52. The Morgan fingerprint density at radius 1 is 1.16 bits per heavy atom. The van der Waals surface area contributed by atoms with E-state index in [9.17, 15) is 4.79 Å². The van der Waals surface area contributed by atoms with Gasteiger partial charge in [0.05, 0.1) is 0 Å². The van der Waals surface area contributed by atoms with Gasteiger partial charge in [-0.15, -0.1) is 0 Å². The lowest BCUT2D eigenvalue weighted by Gasteiger charge is -2.45. The Balaban J connectivity index is 1.39. The van der Waals surface area contributed by atoms with Gasteiger partial charge in [-0.05, 0) is 36.2 Å². The highest BCUT2D eigenvalue weighted by molar-refractivity contribution is 5.75. The molecule has 1 aliphatic rings. The first-order valence-corrected chi connectivity index (χ1v) is 8.96. The zero-order chi connectivity index (χ0) is 17.5. The SMILES string of the molecule is CCN(Cc1ccncc1)C1CN(C(=O)NCCc2ccccc2)C1. The van der Waals surface area contributed by atoms with Crippen molar-refractivity contribution in [1.82, 2.24) is 20.1 Å². The van der Waals surface area contributed by atoms with Gasteiger partial charge < -0.3 is 10.2 Å². The number of carbonyl (C=O) groups is 1. The summed E-state index contributed by atoms with van der Waals surface area (Å²) in [5.74, 6) is 0. The van der Waals surface area contributed by atoms with Crippen molar-refractivity contribution in [3.05, 3.63) is 66.0 Å². The van der Waals surface area contributed by atoms with Crippen LogP contribution in [-0.4, -0.2) is 53.0 Å². The fraction of sp³-hybridized carbons (Fsp3) is 0.400. The van der Waals surface area contributed by atoms with E-state index in [2.05, 4.69) is 46.4 Å². The molecule has 1 N–H and O–H groups in total. The number of nitrogens with one attached hydrogen (secondary N) is 1. The van der Waals surface area contributed by atoms with Crippen LogP contribution in [0.25, 0.3) is 0 Å². The Bertz CT molecular complexity index is 656. The molecule has 2 aromatic rings. The number of likely N-dealkylation sites (N-methyl/N-ethyl adjacent to an activating group) is 1. The molecule has 1 fully saturated rings. The van der Waals surface area contributed by atoms with E-state index >= 15 is 0 Å². The maximum absolute atomic E-state index is 12.2. The van der Waals surface area contributed by atoms with Crippen molar-refractivity contribution in [3.63, 3.8) is 0 Å². The van der Waals surface area contributed by atoms with Gasteiger partial charge in [0.2, 0.25) is 0 Å². The van der Waals surface area contributed by atoms with Crippen LogP contribution in [0, 0.1) is 0 Å². The number of amides is 2. The molecule has 0 radical (unpaired) electrons. The van der Waals surface area contributed by atoms with Gasteiger partial charge in [0.15, 0.2) is 0 Å². The first-order valence-electron chi connectivity index (χ1n) is 8.96. The molecule has 1 aliphatic heterocycles. The van der Waals surface area contributed by atoms with E-state index in [1.165, 1.54) is 11.1 Å². The normalized spacial score (nSPS) is 14.4. The molecule has 1 aromatic heterocycles. The molecule has 0 atom stereocenters. The standard InChI is InChI=1S/C20H26N4O/c1-2-23(14-18-8-11-21-12-9-18)19-15-24(16-19)20(25)22-13-10-17-6-4-3-5-7-17/h3-9,11-12,19H,2,10,13-16H2,1H3,(H,22,25). The molecule has 0 aliphatic carbocycles. The van der Waals surface area contributed by atoms with E-state index in [-0.39, 0.29) is 6.03 Å². The number of carbonyl (C=O) groups excluding carboxylic acids is 1. The van der Waals surface area contributed by atoms with E-state index in [4.69, 9.17) is 0 Å². The Hall–Kier alpha value is -2.40. The third-order valence-electron chi connectivity index (χ3n) is 4.74. The largest absolute Gasteiger partial charge is 0.338 e. The molecule has 3 rings (SSSR count). The Morgan fingerprint density at radius 2 is 1.88 bits per heavy atom. The highest BCUT2D eigenvalue weighted by Crippen LogP contribution is 2.17. The zero-order valence-electron chi connectivity index (χ0n) is 14.8. The molecule has 5 heteroatoms. The van der Waals surface area contributed by atoms with Crippen LogP contribution in [0.2, 0.25) is 0 Å². The average Bonchev–Trinajstić information content (AvgIpc) is 2.61. The summed E-state index contributed by atoms with van der Waals surface area (Å²) in [4.78, 5) is 20.6. The van der Waals surface area contributed by atoms with Gasteiger partial charge >= 0.3 is 6.03 Å². The van der Waals surface area contributed by atoms with Crippen LogP contribution in [0.5, 0.6) is 0 Å². The van der Waals surface area contributed by atoms with Crippen molar-refractivity contribution < 1.29 is 4.79 Å². The zero-order valence-corrected chi connectivity index (χ0v) is 14.8. The van der Waals surface area contributed by atoms with Crippen LogP contribution in [0.3, 0.4) is 0 Å². The summed E-state index contributed by atoms with van der Waals surface area (Å²) in [6.45, 7) is 6.35. The average molecular weight is 338 g/mol. The van der Waals surface area contributed by atoms with Gasteiger partial charge in [0.1, 0.15) is 0 Å². The van der Waals surface area contributed by atoms with Crippen molar-refractivity contribution >= 4 is 6.03 Å². The first-order chi connectivity index (χ1) is 12.3. The number of hydrogen-bond donors (Lipinski definition) is 1. The van der Waals surface area contributed by atoms with Crippen molar-refractivity contribution in [2.75, 3.05) is 26.2 Å². The van der Waals surface area contributed by atoms with Crippen LogP contribution < -0.4 is 5.32 Å². The molecule has 0 spiro atoms. The number of urea groups is 1. The Kier molecular flexibility index (Phi) is 6.01. The van der Waals surface area contributed by atoms with Crippen molar-refractivity contribution in [2.45, 2.75) is 25.9 Å². The summed E-state index contributed by atoms with van der Waals surface area (Å²) in [7, 11) is 0. The third kappa shape index (κ3) is 4.79. The molecule has 0 saturated carbocycles. The summed E-state index contributed by atoms with van der Waals surface area (Å²) in [6.07, 6.45) is 4.53. The van der Waals surface area contributed by atoms with Crippen LogP contribution in [0.1, 0.15) is 18.1 Å². The van der Waals surface area contributed by atoms with E-state index in [1.54, 1.807) is 0 Å². The molecular weight excluding hydrogens is 312 g/mol. The molecule has 5 nitrogen and oxygen atoms in total. The maximum atomic E-state index is 12.2. The Morgan fingerprint density at radius 3 is 2.56 bits per heavy atom. The van der Waals surface area contributed by atoms with Gasteiger partial charge in [-0.2, -0.15) is 0 Å². The van der Waals surface area contributed by atoms with Crippen LogP contribution in [-0.2, 0) is 13.0 Å². The fourth-order valence-corrected chi connectivity index (χ4v) is 3.14. The highest BCUT2D eigenvalue weighted by atomic mass is 16.2. The predicted octanol–water partition coefficient (Wildman–Crippen LogP) is 2.54. The third-order valence-corrected chi connectivity index (χ3v) is 4.74. The van der Waals surface area contributed by atoms with Gasteiger partial charge in [-0.25, -0.2) is 4.79 Å². The lowest BCUT2D eigenvalue weighted by Crippen LogP contribution is -2.62. The second kappa shape index (κ2) is 8.62.